The second kappa shape index (κ2) is 6.02. The first-order valence-electron chi connectivity index (χ1n) is 6.66. The lowest BCUT2D eigenvalue weighted by molar-refractivity contribution is -0.0796. The molecule has 0 heterocycles. The quantitative estimate of drug-likeness (QED) is 0.799. The minimum atomic E-state index is -0.312. The zero-order valence-electron chi connectivity index (χ0n) is 11.3. The van der Waals surface area contributed by atoms with Gasteiger partial charge in [0.25, 0.3) is 0 Å². The van der Waals surface area contributed by atoms with Crippen LogP contribution in [0.4, 0.5) is 0 Å². The van der Waals surface area contributed by atoms with Gasteiger partial charge in [-0.25, -0.2) is 0 Å². The van der Waals surface area contributed by atoms with Crippen LogP contribution in [0.5, 0.6) is 0 Å². The molecule has 2 heteroatoms. The predicted octanol–water partition coefficient (Wildman–Crippen LogP) is 3.38. The van der Waals surface area contributed by atoms with Crippen LogP contribution in [0.1, 0.15) is 59.3 Å². The van der Waals surface area contributed by atoms with E-state index >= 15 is 0 Å². The molecule has 0 amide bonds. The highest BCUT2D eigenvalue weighted by molar-refractivity contribution is 4.83. The average Bonchev–Trinajstić information content (AvgIpc) is 2.17. The molecule has 2 atom stereocenters. The lowest BCUT2D eigenvalue weighted by Crippen LogP contribution is -2.40. The van der Waals surface area contributed by atoms with Crippen molar-refractivity contribution < 1.29 is 9.84 Å². The van der Waals surface area contributed by atoms with Gasteiger partial charge in [0.05, 0.1) is 12.2 Å². The molecular formula is C14H28O2. The molecule has 1 rings (SSSR count). The Morgan fingerprint density at radius 2 is 1.75 bits per heavy atom. The van der Waals surface area contributed by atoms with E-state index in [0.29, 0.717) is 5.92 Å². The van der Waals surface area contributed by atoms with Crippen molar-refractivity contribution in [3.63, 3.8) is 0 Å². The summed E-state index contributed by atoms with van der Waals surface area (Å²) >= 11 is 0. The van der Waals surface area contributed by atoms with E-state index in [1.54, 1.807) is 7.11 Å². The van der Waals surface area contributed by atoms with Crippen molar-refractivity contribution in [2.45, 2.75) is 71.5 Å². The molecule has 96 valence electrons. The molecular weight excluding hydrogens is 200 g/mol. The summed E-state index contributed by atoms with van der Waals surface area (Å²) in [7, 11) is 1.71. The fourth-order valence-corrected chi connectivity index (χ4v) is 2.98. The van der Waals surface area contributed by atoms with Crippen LogP contribution in [-0.2, 0) is 4.74 Å². The van der Waals surface area contributed by atoms with Gasteiger partial charge in [0.15, 0.2) is 0 Å². The summed E-state index contributed by atoms with van der Waals surface area (Å²) in [6.45, 7) is 6.39. The Hall–Kier alpha value is -0.0800. The van der Waals surface area contributed by atoms with Crippen molar-refractivity contribution in [3.8, 4) is 0 Å². The van der Waals surface area contributed by atoms with Crippen LogP contribution in [-0.4, -0.2) is 24.4 Å². The summed E-state index contributed by atoms with van der Waals surface area (Å²) in [6.07, 6.45) is 7.18. The minimum Gasteiger partial charge on any atom is -0.390 e. The lowest BCUT2D eigenvalue weighted by atomic mass is 9.79. The lowest BCUT2D eigenvalue weighted by Gasteiger charge is -2.35. The number of hydrogen-bond donors (Lipinski definition) is 1. The Kier molecular flexibility index (Phi) is 5.26. The Balaban J connectivity index is 2.45. The molecule has 0 aromatic rings. The SMILES string of the molecule is COC(C(O)CC1CCCCC1)C(C)(C)C. The van der Waals surface area contributed by atoms with Crippen LogP contribution in [0.15, 0.2) is 0 Å². The molecule has 1 aliphatic carbocycles. The molecule has 1 N–H and O–H groups in total. The van der Waals surface area contributed by atoms with Crippen molar-refractivity contribution in [1.29, 1.82) is 0 Å². The number of hydrogen-bond acceptors (Lipinski definition) is 2. The maximum Gasteiger partial charge on any atom is 0.0878 e. The maximum atomic E-state index is 10.3. The van der Waals surface area contributed by atoms with E-state index in [9.17, 15) is 5.11 Å². The molecule has 0 bridgehead atoms. The van der Waals surface area contributed by atoms with Gasteiger partial charge < -0.3 is 9.84 Å². The summed E-state index contributed by atoms with van der Waals surface area (Å²) in [5, 5.41) is 10.3. The van der Waals surface area contributed by atoms with E-state index in [2.05, 4.69) is 20.8 Å². The van der Waals surface area contributed by atoms with Crippen LogP contribution >= 0.6 is 0 Å². The first kappa shape index (κ1) is 14.0. The third kappa shape index (κ3) is 4.06. The summed E-state index contributed by atoms with van der Waals surface area (Å²) < 4.78 is 5.47. The van der Waals surface area contributed by atoms with Crippen molar-refractivity contribution >= 4 is 0 Å². The van der Waals surface area contributed by atoms with E-state index in [1.807, 2.05) is 0 Å². The largest absolute Gasteiger partial charge is 0.390 e. The topological polar surface area (TPSA) is 29.5 Å². The Morgan fingerprint density at radius 3 is 2.19 bits per heavy atom. The molecule has 1 aliphatic rings. The van der Waals surface area contributed by atoms with Gasteiger partial charge in [0.2, 0.25) is 0 Å². The number of aliphatic hydroxyl groups excluding tert-OH is 1. The second-order valence-corrected chi connectivity index (χ2v) is 6.33. The van der Waals surface area contributed by atoms with Crippen molar-refractivity contribution in [1.82, 2.24) is 0 Å². The summed E-state index contributed by atoms with van der Waals surface area (Å²) in [4.78, 5) is 0. The normalized spacial score (nSPS) is 23.1. The molecule has 2 nitrogen and oxygen atoms in total. The monoisotopic (exact) mass is 228 g/mol. The summed E-state index contributed by atoms with van der Waals surface area (Å²) in [5.74, 6) is 0.712. The van der Waals surface area contributed by atoms with E-state index in [-0.39, 0.29) is 17.6 Å². The number of methoxy groups -OCH3 is 1. The Bertz CT molecular complexity index is 189. The number of aliphatic hydroxyl groups is 1. The van der Waals surface area contributed by atoms with Crippen molar-refractivity contribution in [2.75, 3.05) is 7.11 Å². The number of ether oxygens (including phenoxy) is 1. The summed E-state index contributed by atoms with van der Waals surface area (Å²) in [6, 6.07) is 0. The average molecular weight is 228 g/mol. The van der Waals surface area contributed by atoms with Crippen LogP contribution < -0.4 is 0 Å². The van der Waals surface area contributed by atoms with Gasteiger partial charge in [-0.3, -0.25) is 0 Å². The zero-order valence-corrected chi connectivity index (χ0v) is 11.3. The molecule has 1 fully saturated rings. The molecule has 2 unspecified atom stereocenters. The smallest absolute Gasteiger partial charge is 0.0878 e. The van der Waals surface area contributed by atoms with Crippen LogP contribution in [0.3, 0.4) is 0 Å². The summed E-state index contributed by atoms with van der Waals surface area (Å²) in [5.41, 5.74) is 0.0167. The van der Waals surface area contributed by atoms with E-state index < -0.39 is 0 Å². The molecule has 0 radical (unpaired) electrons. The molecule has 0 aromatic heterocycles. The highest BCUT2D eigenvalue weighted by atomic mass is 16.5. The first-order chi connectivity index (χ1) is 7.45. The molecule has 0 aromatic carbocycles. The standard InChI is InChI=1S/C14H28O2/c1-14(2,3)13(16-4)12(15)10-11-8-6-5-7-9-11/h11-13,15H,5-10H2,1-4H3. The second-order valence-electron chi connectivity index (χ2n) is 6.33. The molecule has 0 spiro atoms. The van der Waals surface area contributed by atoms with E-state index in [0.717, 1.165) is 6.42 Å². The Morgan fingerprint density at radius 1 is 1.19 bits per heavy atom. The predicted molar refractivity (Wildman–Crippen MR) is 67.5 cm³/mol. The zero-order chi connectivity index (χ0) is 12.2. The van der Waals surface area contributed by atoms with Gasteiger partial charge in [-0.1, -0.05) is 52.9 Å². The van der Waals surface area contributed by atoms with Gasteiger partial charge in [-0.2, -0.15) is 0 Å². The van der Waals surface area contributed by atoms with Gasteiger partial charge >= 0.3 is 0 Å². The van der Waals surface area contributed by atoms with Gasteiger partial charge in [0.1, 0.15) is 0 Å². The minimum absolute atomic E-state index is 0.0167. The molecule has 0 saturated heterocycles. The van der Waals surface area contributed by atoms with Crippen LogP contribution in [0, 0.1) is 11.3 Å². The van der Waals surface area contributed by atoms with Gasteiger partial charge in [0, 0.05) is 7.11 Å². The van der Waals surface area contributed by atoms with Crippen molar-refractivity contribution in [2.24, 2.45) is 11.3 Å². The molecule has 16 heavy (non-hydrogen) atoms. The maximum absolute atomic E-state index is 10.3. The first-order valence-corrected chi connectivity index (χ1v) is 6.66. The highest BCUT2D eigenvalue weighted by Crippen LogP contribution is 2.32. The van der Waals surface area contributed by atoms with Crippen LogP contribution in [0.2, 0.25) is 0 Å². The van der Waals surface area contributed by atoms with E-state index in [1.165, 1.54) is 32.1 Å². The van der Waals surface area contributed by atoms with Gasteiger partial charge in [-0.05, 0) is 17.8 Å². The Labute approximate surface area is 100 Å². The molecule has 0 aliphatic heterocycles. The highest BCUT2D eigenvalue weighted by Gasteiger charge is 2.32. The number of rotatable bonds is 4. The van der Waals surface area contributed by atoms with Crippen molar-refractivity contribution in [3.05, 3.63) is 0 Å². The van der Waals surface area contributed by atoms with Crippen LogP contribution in [0.25, 0.3) is 0 Å². The van der Waals surface area contributed by atoms with Gasteiger partial charge in [-0.15, -0.1) is 0 Å². The van der Waals surface area contributed by atoms with E-state index in [4.69, 9.17) is 4.74 Å². The third-order valence-corrected chi connectivity index (χ3v) is 3.76. The fraction of sp³-hybridized carbons (Fsp3) is 1.00. The third-order valence-electron chi connectivity index (χ3n) is 3.76. The fourth-order valence-electron chi connectivity index (χ4n) is 2.98. The molecule has 1 saturated carbocycles.